The molecule has 3 N–H and O–H groups in total. The maximum Gasteiger partial charge on any atom is 0.264 e. The van der Waals surface area contributed by atoms with Crippen LogP contribution >= 0.6 is 11.3 Å². The highest BCUT2D eigenvalue weighted by atomic mass is 32.1. The first kappa shape index (κ1) is 20.1. The Morgan fingerprint density at radius 1 is 1.21 bits per heavy atom. The fourth-order valence-electron chi connectivity index (χ4n) is 4.54. The predicted octanol–water partition coefficient (Wildman–Crippen LogP) is 1.84. The van der Waals surface area contributed by atoms with Gasteiger partial charge >= 0.3 is 0 Å². The lowest BCUT2D eigenvalue weighted by atomic mass is 9.78. The Kier molecular flexibility index (Phi) is 5.72. The molecular weight excluding hydrogens is 388 g/mol. The highest BCUT2D eigenvalue weighted by molar-refractivity contribution is 7.12. The Morgan fingerprint density at radius 3 is 2.69 bits per heavy atom. The number of piperidine rings is 1. The summed E-state index contributed by atoms with van der Waals surface area (Å²) in [6.45, 7) is -0.0967. The first-order valence-corrected chi connectivity index (χ1v) is 11.0. The number of carbonyl (C=O) groups is 2. The number of rotatable bonds is 4. The van der Waals surface area contributed by atoms with E-state index in [9.17, 15) is 19.8 Å². The van der Waals surface area contributed by atoms with E-state index in [-0.39, 0.29) is 12.5 Å². The molecule has 1 aromatic heterocycles. The van der Waals surface area contributed by atoms with Crippen LogP contribution in [0.15, 0.2) is 35.7 Å². The third-order valence-corrected chi connectivity index (χ3v) is 7.18. The van der Waals surface area contributed by atoms with Crippen LogP contribution in [-0.4, -0.2) is 52.7 Å². The monoisotopic (exact) mass is 414 g/mol. The third-order valence-electron chi connectivity index (χ3n) is 6.12. The second-order valence-electron chi connectivity index (χ2n) is 7.84. The molecule has 1 aromatic carbocycles. The molecule has 0 spiro atoms. The molecule has 0 bridgehead atoms. The molecule has 2 aromatic rings. The number of nitrogens with one attached hydrogen (secondary N) is 1. The van der Waals surface area contributed by atoms with Crippen LogP contribution < -0.4 is 5.32 Å². The van der Waals surface area contributed by atoms with Crippen LogP contribution in [0.25, 0.3) is 0 Å². The van der Waals surface area contributed by atoms with E-state index in [2.05, 4.69) is 10.7 Å². The van der Waals surface area contributed by atoms with Crippen molar-refractivity contribution < 1.29 is 19.8 Å². The van der Waals surface area contributed by atoms with Gasteiger partial charge in [-0.1, -0.05) is 30.3 Å². The van der Waals surface area contributed by atoms with Crippen LogP contribution in [0.5, 0.6) is 0 Å². The van der Waals surface area contributed by atoms with E-state index in [1.165, 1.54) is 28.9 Å². The van der Waals surface area contributed by atoms with E-state index in [1.807, 2.05) is 30.3 Å². The maximum atomic E-state index is 13.2. The lowest BCUT2D eigenvalue weighted by Gasteiger charge is -2.46. The number of thiophene rings is 1. The van der Waals surface area contributed by atoms with Crippen LogP contribution in [0.1, 0.15) is 45.6 Å². The molecule has 6 nitrogen and oxygen atoms in total. The van der Waals surface area contributed by atoms with Gasteiger partial charge < -0.3 is 20.4 Å². The Bertz CT molecular complexity index is 897. The Morgan fingerprint density at radius 2 is 1.97 bits per heavy atom. The Balaban J connectivity index is 1.58. The molecule has 2 amide bonds. The second kappa shape index (κ2) is 8.26. The number of hydrogen-bond acceptors (Lipinski definition) is 5. The first-order valence-electron chi connectivity index (χ1n) is 10.1. The summed E-state index contributed by atoms with van der Waals surface area (Å²) in [4.78, 5) is 27.7. The zero-order valence-electron chi connectivity index (χ0n) is 16.3. The zero-order valence-corrected chi connectivity index (χ0v) is 17.1. The van der Waals surface area contributed by atoms with Crippen LogP contribution in [0.4, 0.5) is 0 Å². The summed E-state index contributed by atoms with van der Waals surface area (Å²) in [5.41, 5.74) is 2.22. The highest BCUT2D eigenvalue weighted by Gasteiger charge is 2.46. The number of hydrogen-bond donors (Lipinski definition) is 3. The first-order chi connectivity index (χ1) is 14.0. The third kappa shape index (κ3) is 3.70. The minimum atomic E-state index is -1.02. The van der Waals surface area contributed by atoms with Gasteiger partial charge in [0.1, 0.15) is 6.61 Å². The Hall–Kier alpha value is -2.22. The van der Waals surface area contributed by atoms with Crippen molar-refractivity contribution in [2.45, 2.75) is 43.7 Å². The molecule has 4 rings (SSSR count). The predicted molar refractivity (Wildman–Crippen MR) is 111 cm³/mol. The number of nitrogens with zero attached hydrogens (tertiary/aromatic N) is 1. The number of benzene rings is 1. The van der Waals surface area contributed by atoms with Gasteiger partial charge in [-0.25, -0.2) is 0 Å². The van der Waals surface area contributed by atoms with Crippen molar-refractivity contribution in [2.24, 2.45) is 0 Å². The smallest absolute Gasteiger partial charge is 0.264 e. The molecule has 29 heavy (non-hydrogen) atoms. The summed E-state index contributed by atoms with van der Waals surface area (Å²) < 4.78 is 0. The van der Waals surface area contributed by atoms with Crippen LogP contribution in [0.3, 0.4) is 0 Å². The molecular formula is C22H26N2O4S. The summed E-state index contributed by atoms with van der Waals surface area (Å²) in [6, 6.07) is 9.28. The van der Waals surface area contributed by atoms with Gasteiger partial charge in [0.25, 0.3) is 5.91 Å². The number of aryl methyl sites for hydroxylation is 1. The van der Waals surface area contributed by atoms with Crippen molar-refractivity contribution in [2.75, 3.05) is 19.7 Å². The SMILES string of the molecule is O=C(CO)N[C@@]1(c2ccccc2)CCN(C(=O)c2scc3c2CCCC3)C[C@H]1O. The number of aliphatic hydroxyl groups is 2. The number of likely N-dealkylation sites (tertiary alicyclic amines) is 1. The lowest BCUT2D eigenvalue weighted by Crippen LogP contribution is -2.63. The van der Waals surface area contributed by atoms with Gasteiger partial charge in [-0.15, -0.1) is 11.3 Å². The number of carbonyl (C=O) groups excluding carboxylic acids is 2. The molecule has 2 atom stereocenters. The van der Waals surface area contributed by atoms with Crippen molar-refractivity contribution >= 4 is 23.2 Å². The molecule has 1 aliphatic carbocycles. The van der Waals surface area contributed by atoms with Gasteiger partial charge in [-0.2, -0.15) is 0 Å². The van der Waals surface area contributed by atoms with Gasteiger partial charge in [0.05, 0.1) is 16.5 Å². The van der Waals surface area contributed by atoms with Crippen molar-refractivity contribution in [3.63, 3.8) is 0 Å². The summed E-state index contributed by atoms with van der Waals surface area (Å²) in [5.74, 6) is -0.577. The Labute approximate surface area is 174 Å². The molecule has 0 saturated carbocycles. The fourth-order valence-corrected chi connectivity index (χ4v) is 5.66. The topological polar surface area (TPSA) is 89.9 Å². The van der Waals surface area contributed by atoms with Gasteiger partial charge in [0.2, 0.25) is 5.91 Å². The van der Waals surface area contributed by atoms with Crippen molar-refractivity contribution in [1.82, 2.24) is 10.2 Å². The summed E-state index contributed by atoms with van der Waals surface area (Å²) in [5, 5.41) is 25.2. The molecule has 1 aliphatic heterocycles. The number of aliphatic hydroxyl groups excluding tert-OH is 2. The van der Waals surface area contributed by atoms with Gasteiger partial charge in [0.15, 0.2) is 0 Å². The molecule has 2 heterocycles. The van der Waals surface area contributed by atoms with E-state index >= 15 is 0 Å². The summed E-state index contributed by atoms with van der Waals surface area (Å²) in [6.07, 6.45) is 3.65. The normalized spacial score (nSPS) is 24.1. The van der Waals surface area contributed by atoms with Crippen molar-refractivity contribution in [3.05, 3.63) is 57.3 Å². The molecule has 2 aliphatic rings. The van der Waals surface area contributed by atoms with Gasteiger partial charge in [0, 0.05) is 13.1 Å². The maximum absolute atomic E-state index is 13.2. The second-order valence-corrected chi connectivity index (χ2v) is 8.72. The minimum absolute atomic E-state index is 0.0349. The largest absolute Gasteiger partial charge is 0.388 e. The van der Waals surface area contributed by atoms with Crippen LogP contribution in [0, 0.1) is 0 Å². The van der Waals surface area contributed by atoms with Crippen molar-refractivity contribution in [3.8, 4) is 0 Å². The molecule has 7 heteroatoms. The van der Waals surface area contributed by atoms with Crippen molar-refractivity contribution in [1.29, 1.82) is 0 Å². The van der Waals surface area contributed by atoms with E-state index in [0.717, 1.165) is 29.7 Å². The molecule has 1 fully saturated rings. The van der Waals surface area contributed by atoms with Gasteiger partial charge in [-0.3, -0.25) is 9.59 Å². The zero-order chi connectivity index (χ0) is 20.4. The minimum Gasteiger partial charge on any atom is -0.388 e. The number of β-amino-alcohol motifs (C(OH)–C–C–N with tert-alkyl or cyclic N) is 1. The highest BCUT2D eigenvalue weighted by Crippen LogP contribution is 2.36. The standard InChI is InChI=1S/C22H26N2O4S/c25-13-19(27)23-22(16-7-2-1-3-8-16)10-11-24(12-18(22)26)21(28)20-17-9-5-4-6-15(17)14-29-20/h1-3,7-8,14,18,25-26H,4-6,9-13H2,(H,23,27)/t18-,22-/m1/s1. The fraction of sp³-hybridized carbons (Fsp3) is 0.455. The number of amides is 2. The summed E-state index contributed by atoms with van der Waals surface area (Å²) >= 11 is 1.50. The van der Waals surface area contributed by atoms with E-state index in [1.54, 1.807) is 4.90 Å². The van der Waals surface area contributed by atoms with Crippen LogP contribution in [0.2, 0.25) is 0 Å². The quantitative estimate of drug-likeness (QED) is 0.712. The average Bonchev–Trinajstić information content (AvgIpc) is 3.19. The molecule has 0 radical (unpaired) electrons. The van der Waals surface area contributed by atoms with E-state index in [4.69, 9.17) is 0 Å². The average molecular weight is 415 g/mol. The van der Waals surface area contributed by atoms with Crippen LogP contribution in [-0.2, 0) is 23.2 Å². The van der Waals surface area contributed by atoms with Gasteiger partial charge in [-0.05, 0) is 54.2 Å². The molecule has 1 saturated heterocycles. The number of fused-ring (bicyclic) bond motifs is 1. The lowest BCUT2D eigenvalue weighted by molar-refractivity contribution is -0.129. The van der Waals surface area contributed by atoms with E-state index in [0.29, 0.717) is 13.0 Å². The molecule has 154 valence electrons. The summed E-state index contributed by atoms with van der Waals surface area (Å²) in [7, 11) is 0. The molecule has 0 unspecified atom stereocenters. The van der Waals surface area contributed by atoms with E-state index < -0.39 is 24.2 Å².